The monoisotopic (exact) mass is 629 g/mol. The van der Waals surface area contributed by atoms with Crippen LogP contribution in [-0.4, -0.2) is 41.0 Å². The normalized spacial score (nSPS) is 12.9. The number of hydrogen-bond donors (Lipinski definition) is 2. The van der Waals surface area contributed by atoms with Crippen molar-refractivity contribution in [2.75, 3.05) is 11.9 Å². The number of benzene rings is 3. The highest BCUT2D eigenvalue weighted by molar-refractivity contribution is 6.00. The molecule has 7 nitrogen and oxygen atoms in total. The summed E-state index contributed by atoms with van der Waals surface area (Å²) in [7, 11) is 0. The minimum absolute atomic E-state index is 0.116. The molecular weight excluding hydrogens is 574 g/mol. The van der Waals surface area contributed by atoms with Crippen LogP contribution in [0, 0.1) is 19.8 Å². The molecule has 2 unspecified atom stereocenters. The Hall–Kier alpha value is -3.87. The van der Waals surface area contributed by atoms with Gasteiger partial charge in [-0.25, -0.2) is 4.79 Å². The largest absolute Gasteiger partial charge is 0.444 e. The number of rotatable bonds is 15. The quantitative estimate of drug-likeness (QED) is 0.164. The number of alkyl carbamates (subject to hydrolysis) is 1. The second-order valence-electron chi connectivity index (χ2n) is 13.9. The van der Waals surface area contributed by atoms with Gasteiger partial charge >= 0.3 is 6.09 Å². The number of anilines is 1. The van der Waals surface area contributed by atoms with Crippen LogP contribution in [0.3, 0.4) is 0 Å². The van der Waals surface area contributed by atoms with Crippen LogP contribution in [0.1, 0.15) is 109 Å². The lowest BCUT2D eigenvalue weighted by Gasteiger charge is -2.35. The Bertz CT molecular complexity index is 1460. The highest BCUT2D eigenvalue weighted by atomic mass is 16.6. The first-order valence-electron chi connectivity index (χ1n) is 17.0. The summed E-state index contributed by atoms with van der Waals surface area (Å²) in [6.07, 6.45) is 6.01. The zero-order valence-electron chi connectivity index (χ0n) is 29.2. The van der Waals surface area contributed by atoms with Crippen LogP contribution in [0.25, 0.3) is 10.8 Å². The smallest absolute Gasteiger partial charge is 0.408 e. The number of ether oxygens (including phenoxy) is 1. The summed E-state index contributed by atoms with van der Waals surface area (Å²) < 4.78 is 5.55. The van der Waals surface area contributed by atoms with Gasteiger partial charge in [0.15, 0.2) is 0 Å². The summed E-state index contributed by atoms with van der Waals surface area (Å²) >= 11 is 0. The van der Waals surface area contributed by atoms with Crippen molar-refractivity contribution in [1.82, 2.24) is 10.2 Å². The Labute approximate surface area is 276 Å². The molecule has 0 aromatic heterocycles. The SMILES string of the molecule is CCCCCCCCN(C(=O)C(CC(C)C)NC(=O)OC(C)(C)C)C(C(=O)Nc1ccc2ccccc2c1)c1ccc(C)cc1C. The van der Waals surface area contributed by atoms with Gasteiger partial charge in [0.05, 0.1) is 0 Å². The number of amides is 3. The molecule has 0 radical (unpaired) electrons. The van der Waals surface area contributed by atoms with Gasteiger partial charge in [-0.3, -0.25) is 9.59 Å². The van der Waals surface area contributed by atoms with Gasteiger partial charge in [0, 0.05) is 12.2 Å². The van der Waals surface area contributed by atoms with E-state index in [4.69, 9.17) is 4.74 Å². The molecule has 0 saturated heterocycles. The van der Waals surface area contributed by atoms with Crippen LogP contribution >= 0.6 is 0 Å². The van der Waals surface area contributed by atoms with Crippen LogP contribution in [0.2, 0.25) is 0 Å². The molecule has 3 aromatic rings. The first kappa shape index (κ1) is 36.6. The maximum absolute atomic E-state index is 14.6. The number of carbonyl (C=O) groups is 3. The van der Waals surface area contributed by atoms with Crippen molar-refractivity contribution >= 4 is 34.4 Å². The first-order chi connectivity index (χ1) is 21.8. The Kier molecular flexibility index (Phi) is 13.7. The summed E-state index contributed by atoms with van der Waals surface area (Å²) in [4.78, 5) is 43.8. The van der Waals surface area contributed by atoms with Crippen LogP contribution in [0.5, 0.6) is 0 Å². The van der Waals surface area contributed by atoms with Crippen molar-refractivity contribution in [2.24, 2.45) is 5.92 Å². The minimum atomic E-state index is -0.898. The van der Waals surface area contributed by atoms with E-state index in [2.05, 4.69) is 17.6 Å². The average Bonchev–Trinajstić information content (AvgIpc) is 2.97. The van der Waals surface area contributed by atoms with Crippen LogP contribution in [-0.2, 0) is 14.3 Å². The fraction of sp³-hybridized carbons (Fsp3) is 0.513. The summed E-state index contributed by atoms with van der Waals surface area (Å²) in [5.41, 5.74) is 2.72. The third kappa shape index (κ3) is 11.2. The topological polar surface area (TPSA) is 87.7 Å². The van der Waals surface area contributed by atoms with Crippen molar-refractivity contribution in [2.45, 2.75) is 118 Å². The number of hydrogen-bond acceptors (Lipinski definition) is 4. The summed E-state index contributed by atoms with van der Waals surface area (Å²) in [6, 6.07) is 18.1. The summed E-state index contributed by atoms with van der Waals surface area (Å²) in [5, 5.41) is 8.09. The lowest BCUT2D eigenvalue weighted by molar-refractivity contribution is -0.141. The fourth-order valence-corrected chi connectivity index (χ4v) is 5.83. The van der Waals surface area contributed by atoms with Crippen LogP contribution in [0.15, 0.2) is 60.7 Å². The Balaban J connectivity index is 2.05. The molecule has 0 aliphatic carbocycles. The second-order valence-corrected chi connectivity index (χ2v) is 13.9. The number of unbranched alkanes of at least 4 members (excludes halogenated alkanes) is 5. The van der Waals surface area contributed by atoms with Crippen molar-refractivity contribution in [1.29, 1.82) is 0 Å². The minimum Gasteiger partial charge on any atom is -0.444 e. The Morgan fingerprint density at radius 1 is 0.848 bits per heavy atom. The summed E-state index contributed by atoms with van der Waals surface area (Å²) in [5.74, 6) is -0.459. The molecule has 0 fully saturated rings. The lowest BCUT2D eigenvalue weighted by atomic mass is 9.95. The van der Waals surface area contributed by atoms with E-state index >= 15 is 0 Å². The van der Waals surface area contributed by atoms with E-state index < -0.39 is 23.8 Å². The maximum atomic E-state index is 14.6. The molecule has 3 rings (SSSR count). The molecular formula is C39H55N3O4. The van der Waals surface area contributed by atoms with E-state index in [-0.39, 0.29) is 17.7 Å². The van der Waals surface area contributed by atoms with Gasteiger partial charge in [0.1, 0.15) is 17.7 Å². The molecule has 3 aromatic carbocycles. The lowest BCUT2D eigenvalue weighted by Crippen LogP contribution is -2.53. The maximum Gasteiger partial charge on any atom is 0.408 e. The Morgan fingerprint density at radius 2 is 1.52 bits per heavy atom. The Morgan fingerprint density at radius 3 is 2.17 bits per heavy atom. The van der Waals surface area contributed by atoms with Gasteiger partial charge in [-0.2, -0.15) is 0 Å². The molecule has 7 heteroatoms. The molecule has 0 saturated carbocycles. The van der Waals surface area contributed by atoms with E-state index in [1.807, 2.05) is 88.4 Å². The number of fused-ring (bicyclic) bond motifs is 1. The van der Waals surface area contributed by atoms with Crippen LogP contribution in [0.4, 0.5) is 10.5 Å². The zero-order valence-corrected chi connectivity index (χ0v) is 29.2. The molecule has 3 amide bonds. The second kappa shape index (κ2) is 17.2. The predicted octanol–water partition coefficient (Wildman–Crippen LogP) is 9.26. The molecule has 250 valence electrons. The molecule has 0 aliphatic rings. The molecule has 0 heterocycles. The third-order valence-electron chi connectivity index (χ3n) is 8.03. The fourth-order valence-electron chi connectivity index (χ4n) is 5.83. The van der Waals surface area contributed by atoms with Gasteiger partial charge < -0.3 is 20.3 Å². The van der Waals surface area contributed by atoms with Crippen molar-refractivity contribution in [3.63, 3.8) is 0 Å². The molecule has 2 atom stereocenters. The predicted molar refractivity (Wildman–Crippen MR) is 189 cm³/mol. The van der Waals surface area contributed by atoms with E-state index in [0.717, 1.165) is 59.6 Å². The van der Waals surface area contributed by atoms with Crippen molar-refractivity contribution in [3.8, 4) is 0 Å². The highest BCUT2D eigenvalue weighted by Crippen LogP contribution is 2.30. The number of carbonyl (C=O) groups excluding carboxylic acids is 3. The number of nitrogens with zero attached hydrogens (tertiary/aromatic N) is 1. The van der Waals surface area contributed by atoms with E-state index in [9.17, 15) is 14.4 Å². The standard InChI is InChI=1S/C39H55N3O4/c1-9-10-11-12-13-16-23-42(37(44)34(24-27(2)3)41-38(45)46-39(6,7)8)35(33-22-19-28(4)25-29(33)5)36(43)40-32-21-20-30-17-14-15-18-31(30)26-32/h14-15,17-22,25-27,34-35H,9-13,16,23-24H2,1-8H3,(H,40,43)(H,41,45). The van der Waals surface area contributed by atoms with Gasteiger partial charge in [-0.15, -0.1) is 0 Å². The molecule has 0 spiro atoms. The van der Waals surface area contributed by atoms with Gasteiger partial charge in [0.25, 0.3) is 5.91 Å². The first-order valence-corrected chi connectivity index (χ1v) is 17.0. The third-order valence-corrected chi connectivity index (χ3v) is 8.03. The average molecular weight is 630 g/mol. The van der Waals surface area contributed by atoms with Gasteiger partial charge in [0.2, 0.25) is 5.91 Å². The molecule has 2 N–H and O–H groups in total. The van der Waals surface area contributed by atoms with Crippen LogP contribution < -0.4 is 10.6 Å². The van der Waals surface area contributed by atoms with Gasteiger partial charge in [-0.05, 0) is 87.4 Å². The van der Waals surface area contributed by atoms with E-state index in [1.54, 1.807) is 25.7 Å². The van der Waals surface area contributed by atoms with Gasteiger partial charge in [-0.1, -0.05) is 107 Å². The number of aryl methyl sites for hydroxylation is 2. The van der Waals surface area contributed by atoms with Crippen molar-refractivity contribution < 1.29 is 19.1 Å². The molecule has 46 heavy (non-hydrogen) atoms. The highest BCUT2D eigenvalue weighted by Gasteiger charge is 2.37. The zero-order chi connectivity index (χ0) is 33.9. The molecule has 0 aliphatic heterocycles. The summed E-state index contributed by atoms with van der Waals surface area (Å²) in [6.45, 7) is 16.0. The molecule has 0 bridgehead atoms. The number of nitrogens with one attached hydrogen (secondary N) is 2. The van der Waals surface area contributed by atoms with Crippen molar-refractivity contribution in [3.05, 3.63) is 77.4 Å². The van der Waals surface area contributed by atoms with E-state index in [0.29, 0.717) is 18.7 Å². The van der Waals surface area contributed by atoms with E-state index in [1.165, 1.54) is 6.42 Å².